The molecule has 1 amide bonds. The van der Waals surface area contributed by atoms with Gasteiger partial charge in [0, 0.05) is 4.47 Å². The first kappa shape index (κ1) is 19.2. The Labute approximate surface area is 140 Å². The molecule has 1 N–H and O–H groups in total. The summed E-state index contributed by atoms with van der Waals surface area (Å²) in [5, 5.41) is 2.38. The molecule has 0 aliphatic heterocycles. The van der Waals surface area contributed by atoms with Crippen LogP contribution in [0, 0.1) is 11.8 Å². The maximum absolute atomic E-state index is 12.3. The van der Waals surface area contributed by atoms with Gasteiger partial charge in [0.2, 0.25) is 0 Å². The van der Waals surface area contributed by atoms with Crippen molar-refractivity contribution >= 4 is 22.0 Å². The highest BCUT2D eigenvalue weighted by Crippen LogP contribution is 2.28. The van der Waals surface area contributed by atoms with Crippen LogP contribution in [0.15, 0.2) is 22.7 Å². The summed E-state index contributed by atoms with van der Waals surface area (Å²) in [6.07, 6.45) is -5.47. The third kappa shape index (κ3) is 8.35. The van der Waals surface area contributed by atoms with Crippen molar-refractivity contribution in [2.45, 2.75) is 32.7 Å². The summed E-state index contributed by atoms with van der Waals surface area (Å²) in [6.45, 7) is 5.05. The molecule has 0 fully saturated rings. The lowest BCUT2D eigenvalue weighted by molar-refractivity contribution is -0.274. The minimum atomic E-state index is -4.81. The van der Waals surface area contributed by atoms with Crippen molar-refractivity contribution in [3.8, 4) is 17.6 Å². The summed E-state index contributed by atoms with van der Waals surface area (Å²) in [6, 6.07) is 4.08. The van der Waals surface area contributed by atoms with E-state index < -0.39 is 23.8 Å². The summed E-state index contributed by atoms with van der Waals surface area (Å²) >= 11 is 3.06. The van der Waals surface area contributed by atoms with Crippen molar-refractivity contribution in [1.29, 1.82) is 0 Å². The fraction of sp³-hybridized carbons (Fsp3) is 0.400. The molecule has 0 aliphatic carbocycles. The zero-order chi connectivity index (χ0) is 17.7. The summed E-state index contributed by atoms with van der Waals surface area (Å²) < 4.78 is 46.4. The summed E-state index contributed by atoms with van der Waals surface area (Å²) in [4.78, 5) is 11.4. The fourth-order valence-corrected chi connectivity index (χ4v) is 1.72. The number of hydrogen-bond donors (Lipinski definition) is 1. The molecular weight excluding hydrogens is 379 g/mol. The number of amides is 1. The molecule has 1 aromatic carbocycles. The highest BCUT2D eigenvalue weighted by Gasteiger charge is 2.32. The predicted molar refractivity (Wildman–Crippen MR) is 81.9 cm³/mol. The molecule has 0 radical (unpaired) electrons. The number of rotatable bonds is 2. The maximum Gasteiger partial charge on any atom is 0.573 e. The first-order chi connectivity index (χ1) is 10.5. The van der Waals surface area contributed by atoms with Gasteiger partial charge in [-0.05, 0) is 39.0 Å². The summed E-state index contributed by atoms with van der Waals surface area (Å²) in [5.74, 6) is 4.63. The van der Waals surface area contributed by atoms with E-state index in [-0.39, 0.29) is 12.1 Å². The molecule has 0 spiro atoms. The van der Waals surface area contributed by atoms with Crippen LogP contribution in [0.5, 0.6) is 5.75 Å². The Morgan fingerprint density at radius 3 is 2.52 bits per heavy atom. The maximum atomic E-state index is 12.3. The lowest BCUT2D eigenvalue weighted by Gasteiger charge is -2.19. The molecule has 0 saturated carbocycles. The molecule has 1 rings (SSSR count). The Kier molecular flexibility index (Phi) is 6.33. The van der Waals surface area contributed by atoms with Crippen LogP contribution in [-0.2, 0) is 4.74 Å². The third-order valence-corrected chi connectivity index (χ3v) is 2.61. The molecule has 4 nitrogen and oxygen atoms in total. The Balaban J connectivity index is 2.73. The van der Waals surface area contributed by atoms with Crippen LogP contribution in [-0.4, -0.2) is 24.6 Å². The molecule has 1 aromatic rings. The molecule has 0 saturated heterocycles. The number of carbonyl (C=O) groups excluding carboxylic acids is 1. The molecule has 0 heterocycles. The summed E-state index contributed by atoms with van der Waals surface area (Å²) in [5.41, 5.74) is -0.590. The van der Waals surface area contributed by atoms with Crippen LogP contribution in [0.1, 0.15) is 26.3 Å². The number of ether oxygens (including phenoxy) is 2. The van der Waals surface area contributed by atoms with Crippen molar-refractivity contribution in [3.05, 3.63) is 28.2 Å². The van der Waals surface area contributed by atoms with Gasteiger partial charge in [0.05, 0.1) is 12.1 Å². The second-order valence-corrected chi connectivity index (χ2v) is 6.26. The first-order valence-corrected chi connectivity index (χ1v) is 7.26. The van der Waals surface area contributed by atoms with E-state index in [9.17, 15) is 18.0 Å². The quantitative estimate of drug-likeness (QED) is 0.765. The number of alkyl halides is 3. The molecule has 0 unspecified atom stereocenters. The SMILES string of the molecule is CC(C)(C)OC(=O)NCC#Cc1ccc(Br)cc1OC(F)(F)F. The van der Waals surface area contributed by atoms with Gasteiger partial charge in [0.1, 0.15) is 11.4 Å². The smallest absolute Gasteiger partial charge is 0.444 e. The topological polar surface area (TPSA) is 47.6 Å². The minimum absolute atomic E-state index is 0.0523. The molecule has 0 aromatic heterocycles. The van der Waals surface area contributed by atoms with Gasteiger partial charge in [-0.15, -0.1) is 13.2 Å². The Hall–Kier alpha value is -1.88. The van der Waals surface area contributed by atoms with Crippen molar-refractivity contribution in [2.75, 3.05) is 6.54 Å². The molecule has 0 atom stereocenters. The van der Waals surface area contributed by atoms with E-state index in [0.29, 0.717) is 4.47 Å². The first-order valence-electron chi connectivity index (χ1n) is 6.47. The Morgan fingerprint density at radius 1 is 1.30 bits per heavy atom. The van der Waals surface area contributed by atoms with Crippen LogP contribution in [0.2, 0.25) is 0 Å². The van der Waals surface area contributed by atoms with Gasteiger partial charge in [0.25, 0.3) is 0 Å². The standard InChI is InChI=1S/C15H15BrF3NO3/c1-14(2,3)23-13(21)20-8-4-5-10-6-7-11(16)9-12(10)22-15(17,18)19/h6-7,9H,8H2,1-3H3,(H,20,21). The van der Waals surface area contributed by atoms with Gasteiger partial charge in [-0.2, -0.15) is 0 Å². The van der Waals surface area contributed by atoms with Gasteiger partial charge in [0.15, 0.2) is 0 Å². The van der Waals surface area contributed by atoms with Gasteiger partial charge >= 0.3 is 12.5 Å². The van der Waals surface area contributed by atoms with Crippen LogP contribution in [0.4, 0.5) is 18.0 Å². The predicted octanol–water partition coefficient (Wildman–Crippen LogP) is 4.22. The van der Waals surface area contributed by atoms with E-state index in [2.05, 4.69) is 37.8 Å². The molecule has 23 heavy (non-hydrogen) atoms. The van der Waals surface area contributed by atoms with E-state index in [1.807, 2.05) is 0 Å². The number of carbonyl (C=O) groups is 1. The normalized spacial score (nSPS) is 11.3. The highest BCUT2D eigenvalue weighted by molar-refractivity contribution is 9.10. The average molecular weight is 394 g/mol. The lowest BCUT2D eigenvalue weighted by atomic mass is 10.2. The molecule has 0 aliphatic rings. The van der Waals surface area contributed by atoms with Gasteiger partial charge < -0.3 is 14.8 Å². The lowest BCUT2D eigenvalue weighted by Crippen LogP contribution is -2.32. The van der Waals surface area contributed by atoms with E-state index in [0.717, 1.165) is 0 Å². The van der Waals surface area contributed by atoms with E-state index in [4.69, 9.17) is 4.74 Å². The van der Waals surface area contributed by atoms with Crippen molar-refractivity contribution in [1.82, 2.24) is 5.32 Å². The summed E-state index contributed by atoms with van der Waals surface area (Å²) in [7, 11) is 0. The van der Waals surface area contributed by atoms with Gasteiger partial charge in [-0.25, -0.2) is 4.79 Å². The molecule has 0 bridgehead atoms. The monoisotopic (exact) mass is 393 g/mol. The van der Waals surface area contributed by atoms with Crippen LogP contribution in [0.3, 0.4) is 0 Å². The number of benzene rings is 1. The van der Waals surface area contributed by atoms with E-state index in [1.165, 1.54) is 18.2 Å². The zero-order valence-corrected chi connectivity index (χ0v) is 14.3. The second kappa shape index (κ2) is 7.59. The Morgan fingerprint density at radius 2 is 1.96 bits per heavy atom. The van der Waals surface area contributed by atoms with Crippen LogP contribution >= 0.6 is 15.9 Å². The van der Waals surface area contributed by atoms with Crippen LogP contribution < -0.4 is 10.1 Å². The van der Waals surface area contributed by atoms with Crippen molar-refractivity contribution < 1.29 is 27.4 Å². The molecule has 126 valence electrons. The molecular formula is C15H15BrF3NO3. The zero-order valence-electron chi connectivity index (χ0n) is 12.7. The fourth-order valence-electron chi connectivity index (χ4n) is 1.38. The number of alkyl carbamates (subject to hydrolysis) is 1. The average Bonchev–Trinajstić information content (AvgIpc) is 2.32. The molecule has 8 heteroatoms. The minimum Gasteiger partial charge on any atom is -0.444 e. The van der Waals surface area contributed by atoms with Gasteiger partial charge in [-0.3, -0.25) is 0 Å². The number of halogens is 4. The number of nitrogens with one attached hydrogen (secondary N) is 1. The highest BCUT2D eigenvalue weighted by atomic mass is 79.9. The van der Waals surface area contributed by atoms with E-state index in [1.54, 1.807) is 20.8 Å². The second-order valence-electron chi connectivity index (χ2n) is 5.35. The van der Waals surface area contributed by atoms with Crippen molar-refractivity contribution in [2.24, 2.45) is 0 Å². The van der Waals surface area contributed by atoms with Crippen molar-refractivity contribution in [3.63, 3.8) is 0 Å². The van der Waals surface area contributed by atoms with Crippen LogP contribution in [0.25, 0.3) is 0 Å². The Bertz CT molecular complexity index is 628. The third-order valence-electron chi connectivity index (χ3n) is 2.11. The largest absolute Gasteiger partial charge is 0.573 e. The van der Waals surface area contributed by atoms with Gasteiger partial charge in [-0.1, -0.05) is 27.8 Å². The van der Waals surface area contributed by atoms with E-state index >= 15 is 0 Å². The number of hydrogen-bond acceptors (Lipinski definition) is 3.